The van der Waals surface area contributed by atoms with Gasteiger partial charge in [0.2, 0.25) is 0 Å². The number of nitrogens with one attached hydrogen (secondary N) is 1. The molecule has 0 radical (unpaired) electrons. The number of unbranched alkanes of at least 4 members (excludes halogenated alkanes) is 3. The fourth-order valence-electron chi connectivity index (χ4n) is 1.90. The highest BCUT2D eigenvalue weighted by atomic mass is 19.2. The van der Waals surface area contributed by atoms with E-state index in [-0.39, 0.29) is 17.4 Å². The van der Waals surface area contributed by atoms with Gasteiger partial charge in [-0.15, -0.1) is 5.12 Å². The van der Waals surface area contributed by atoms with Crippen molar-refractivity contribution >= 4 is 17.7 Å². The topological polar surface area (TPSA) is 58.6 Å². The highest BCUT2D eigenvalue weighted by Gasteiger charge is 2.25. The van der Waals surface area contributed by atoms with Crippen molar-refractivity contribution in [3.63, 3.8) is 0 Å². The molecule has 5 nitrogen and oxygen atoms in total. The number of nitrogens with zero attached hydrogens (tertiary/aromatic N) is 1. The van der Waals surface area contributed by atoms with Crippen molar-refractivity contribution < 1.29 is 23.2 Å². The summed E-state index contributed by atoms with van der Waals surface area (Å²) in [7, 11) is 0. The van der Waals surface area contributed by atoms with E-state index < -0.39 is 23.5 Å². The molecule has 7 heteroatoms. The maximum Gasteiger partial charge on any atom is 0.357 e. The van der Waals surface area contributed by atoms with Crippen LogP contribution >= 0.6 is 0 Å². The number of anilines is 1. The van der Waals surface area contributed by atoms with Crippen molar-refractivity contribution in [2.24, 2.45) is 0 Å². The molecule has 0 saturated carbocycles. The zero-order valence-electron chi connectivity index (χ0n) is 13.9. The van der Waals surface area contributed by atoms with E-state index in [0.29, 0.717) is 6.42 Å². The third kappa shape index (κ3) is 6.36. The number of carbonyl (C=O) groups is 2. The number of amides is 2. The minimum Gasteiger partial charge on any atom is -0.461 e. The smallest absolute Gasteiger partial charge is 0.357 e. The molecule has 0 heterocycles. The first-order chi connectivity index (χ1) is 11.5. The van der Waals surface area contributed by atoms with E-state index in [1.807, 2.05) is 6.92 Å². The first-order valence-corrected chi connectivity index (χ1v) is 7.89. The molecule has 0 aliphatic heterocycles. The highest BCUT2D eigenvalue weighted by molar-refractivity contribution is 5.97. The van der Waals surface area contributed by atoms with E-state index in [0.717, 1.165) is 31.4 Å². The lowest BCUT2D eigenvalue weighted by molar-refractivity contribution is -0.141. The Morgan fingerprint density at radius 3 is 2.46 bits per heavy atom. The van der Waals surface area contributed by atoms with Crippen LogP contribution in [0.15, 0.2) is 36.0 Å². The number of halogens is 2. The molecule has 1 aromatic rings. The maximum absolute atomic E-state index is 14.3. The molecule has 0 aliphatic rings. The van der Waals surface area contributed by atoms with Gasteiger partial charge in [0, 0.05) is 5.69 Å². The van der Waals surface area contributed by atoms with Crippen molar-refractivity contribution in [3.05, 3.63) is 41.9 Å². The highest BCUT2D eigenvalue weighted by Crippen LogP contribution is 2.15. The number of benzene rings is 1. The quantitative estimate of drug-likeness (QED) is 0.326. The summed E-state index contributed by atoms with van der Waals surface area (Å²) in [6.07, 6.45) is 4.48. The molecule has 0 saturated heterocycles. The van der Waals surface area contributed by atoms with E-state index in [1.165, 1.54) is 18.2 Å². The van der Waals surface area contributed by atoms with Crippen LogP contribution in [0.3, 0.4) is 0 Å². The summed E-state index contributed by atoms with van der Waals surface area (Å²) in [5, 5.41) is 1.96. The van der Waals surface area contributed by atoms with Crippen LogP contribution in [0.1, 0.15) is 39.5 Å². The molecule has 2 amide bonds. The summed E-state index contributed by atoms with van der Waals surface area (Å²) < 4.78 is 31.9. The molecule has 1 aromatic carbocycles. The molecule has 0 bridgehead atoms. The van der Waals surface area contributed by atoms with E-state index in [4.69, 9.17) is 4.74 Å². The van der Waals surface area contributed by atoms with Gasteiger partial charge in [-0.25, -0.2) is 14.0 Å². The van der Waals surface area contributed by atoms with Crippen molar-refractivity contribution in [1.29, 1.82) is 0 Å². The number of ether oxygens (including phenoxy) is 1. The van der Waals surface area contributed by atoms with Crippen LogP contribution in [-0.2, 0) is 9.53 Å². The average Bonchev–Trinajstić information content (AvgIpc) is 2.56. The second-order valence-electron chi connectivity index (χ2n) is 5.02. The SMILES string of the molecule is CCCCC/C=C(/C(=O)OCC)N(F)C(=O)Nc1ccc(F)cc1. The van der Waals surface area contributed by atoms with Gasteiger partial charge in [0.25, 0.3) is 0 Å². The summed E-state index contributed by atoms with van der Waals surface area (Å²) in [4.78, 5) is 23.8. The fourth-order valence-corrected chi connectivity index (χ4v) is 1.90. The van der Waals surface area contributed by atoms with Crippen molar-refractivity contribution in [2.45, 2.75) is 39.5 Å². The number of allylic oxidation sites excluding steroid dienone is 1. The second-order valence-corrected chi connectivity index (χ2v) is 5.02. The lowest BCUT2D eigenvalue weighted by Gasteiger charge is -2.15. The third-order valence-corrected chi connectivity index (χ3v) is 3.12. The number of hydrogen-bond donors (Lipinski definition) is 1. The van der Waals surface area contributed by atoms with Gasteiger partial charge >= 0.3 is 12.0 Å². The van der Waals surface area contributed by atoms with Crippen LogP contribution in [0, 0.1) is 5.82 Å². The largest absolute Gasteiger partial charge is 0.461 e. The third-order valence-electron chi connectivity index (χ3n) is 3.12. The van der Waals surface area contributed by atoms with Crippen LogP contribution in [0.25, 0.3) is 0 Å². The lowest BCUT2D eigenvalue weighted by atomic mass is 10.2. The first-order valence-electron chi connectivity index (χ1n) is 7.89. The van der Waals surface area contributed by atoms with Gasteiger partial charge < -0.3 is 10.1 Å². The van der Waals surface area contributed by atoms with Crippen LogP contribution in [-0.4, -0.2) is 23.7 Å². The molecule has 24 heavy (non-hydrogen) atoms. The first kappa shape index (κ1) is 19.6. The maximum atomic E-state index is 14.3. The Labute approximate surface area is 140 Å². The lowest BCUT2D eigenvalue weighted by Crippen LogP contribution is -2.31. The Balaban J connectivity index is 2.80. The van der Waals surface area contributed by atoms with Gasteiger partial charge in [0.15, 0.2) is 5.70 Å². The van der Waals surface area contributed by atoms with Gasteiger partial charge in [0.05, 0.1) is 6.61 Å². The van der Waals surface area contributed by atoms with Gasteiger partial charge in [-0.3, -0.25) is 0 Å². The van der Waals surface area contributed by atoms with Crippen LogP contribution in [0.4, 0.5) is 19.4 Å². The van der Waals surface area contributed by atoms with Gasteiger partial charge in [0.1, 0.15) is 5.82 Å². The number of esters is 1. The summed E-state index contributed by atoms with van der Waals surface area (Å²) >= 11 is 0. The predicted molar refractivity (Wildman–Crippen MR) is 87.2 cm³/mol. The zero-order chi connectivity index (χ0) is 17.9. The van der Waals surface area contributed by atoms with Gasteiger partial charge in [-0.2, -0.15) is 0 Å². The van der Waals surface area contributed by atoms with Crippen LogP contribution < -0.4 is 5.32 Å². The standard InChI is InChI=1S/C17H22F2N2O3/c1-3-5-6-7-8-15(16(22)24-4-2)21(19)17(23)20-14-11-9-13(18)10-12-14/h8-12H,3-7H2,1-2H3,(H,20,23)/b15-8-. The Morgan fingerprint density at radius 2 is 1.88 bits per heavy atom. The molecular formula is C17H22F2N2O3. The Morgan fingerprint density at radius 1 is 1.21 bits per heavy atom. The molecule has 0 aliphatic carbocycles. The summed E-state index contributed by atoms with van der Waals surface area (Å²) in [5.41, 5.74) is -0.259. The minimum atomic E-state index is -1.16. The van der Waals surface area contributed by atoms with E-state index in [1.54, 1.807) is 6.92 Å². The molecule has 132 valence electrons. The van der Waals surface area contributed by atoms with Crippen molar-refractivity contribution in [1.82, 2.24) is 5.12 Å². The molecule has 0 atom stereocenters. The van der Waals surface area contributed by atoms with Crippen LogP contribution in [0.2, 0.25) is 0 Å². The summed E-state index contributed by atoms with van der Waals surface area (Å²) in [6, 6.07) is 3.68. The Kier molecular flexibility index (Phi) is 8.46. The van der Waals surface area contributed by atoms with E-state index >= 15 is 0 Å². The second kappa shape index (κ2) is 10.4. The molecule has 0 spiro atoms. The minimum absolute atomic E-state index is 0.0680. The number of urea groups is 1. The predicted octanol–water partition coefficient (Wildman–Crippen LogP) is 4.57. The Bertz CT molecular complexity index is 574. The monoisotopic (exact) mass is 340 g/mol. The van der Waals surface area contributed by atoms with Crippen molar-refractivity contribution in [3.8, 4) is 0 Å². The van der Waals surface area contributed by atoms with Gasteiger partial charge in [-0.1, -0.05) is 30.3 Å². The summed E-state index contributed by atoms with van der Waals surface area (Å²) in [5.74, 6) is -1.39. The fraction of sp³-hybridized carbons (Fsp3) is 0.412. The molecule has 0 unspecified atom stereocenters. The van der Waals surface area contributed by atoms with Crippen LogP contribution in [0.5, 0.6) is 0 Å². The molecule has 1 rings (SSSR count). The summed E-state index contributed by atoms with van der Waals surface area (Å²) in [6.45, 7) is 3.68. The number of carbonyl (C=O) groups excluding carboxylic acids is 2. The molecule has 0 fully saturated rings. The zero-order valence-corrected chi connectivity index (χ0v) is 13.9. The molecular weight excluding hydrogens is 318 g/mol. The van der Waals surface area contributed by atoms with Crippen molar-refractivity contribution in [2.75, 3.05) is 11.9 Å². The van der Waals surface area contributed by atoms with E-state index in [9.17, 15) is 18.5 Å². The molecule has 0 aromatic heterocycles. The average molecular weight is 340 g/mol. The van der Waals surface area contributed by atoms with E-state index in [2.05, 4.69) is 5.32 Å². The normalized spacial score (nSPS) is 11.1. The van der Waals surface area contributed by atoms with Gasteiger partial charge in [-0.05, 0) is 44.0 Å². The molecule has 1 N–H and O–H groups in total. The number of rotatable bonds is 8. The number of hydrogen-bond acceptors (Lipinski definition) is 3. The Hall–Kier alpha value is -2.44.